The number of anilines is 1. The van der Waals surface area contributed by atoms with Gasteiger partial charge in [-0.1, -0.05) is 6.07 Å². The zero-order valence-electron chi connectivity index (χ0n) is 16.5. The maximum atomic E-state index is 12.2. The maximum Gasteiger partial charge on any atom is 0.250 e. The van der Waals surface area contributed by atoms with Crippen LogP contribution >= 0.6 is 11.3 Å². The van der Waals surface area contributed by atoms with Gasteiger partial charge in [0.05, 0.1) is 26.5 Å². The molecule has 7 heteroatoms. The number of nitrogens with one attached hydrogen (secondary N) is 1. The monoisotopic (exact) mass is 410 g/mol. The van der Waals surface area contributed by atoms with E-state index in [1.165, 1.54) is 17.4 Å². The molecule has 0 aliphatic rings. The van der Waals surface area contributed by atoms with E-state index in [9.17, 15) is 4.79 Å². The first-order valence-corrected chi connectivity index (χ1v) is 9.90. The van der Waals surface area contributed by atoms with E-state index < -0.39 is 0 Å². The molecule has 1 amide bonds. The number of carbonyl (C=O) groups excluding carboxylic acids is 1. The van der Waals surface area contributed by atoms with Gasteiger partial charge in [0, 0.05) is 17.0 Å². The minimum atomic E-state index is -0.257. The molecule has 0 saturated heterocycles. The van der Waals surface area contributed by atoms with Gasteiger partial charge in [0.25, 0.3) is 0 Å². The molecule has 0 radical (unpaired) electrons. The standard InChI is InChI=1S/C22H22N2O4S/c1-4-28-17-9-7-16(8-10-17)18-14-29-22(23-18)24-21(25)12-6-15-5-11-19(26-2)20(13-15)27-3/h5-14H,4H2,1-3H3,(H,23,24,25)/b12-6+. The Morgan fingerprint density at radius 2 is 1.86 bits per heavy atom. The average Bonchev–Trinajstić information content (AvgIpc) is 3.21. The van der Waals surface area contributed by atoms with Crippen LogP contribution in [0, 0.1) is 0 Å². The fourth-order valence-electron chi connectivity index (χ4n) is 2.63. The van der Waals surface area contributed by atoms with Gasteiger partial charge in [0.2, 0.25) is 5.91 Å². The number of aromatic nitrogens is 1. The first kappa shape index (κ1) is 20.4. The number of amides is 1. The summed E-state index contributed by atoms with van der Waals surface area (Å²) in [5.74, 6) is 1.81. The van der Waals surface area contributed by atoms with Crippen molar-refractivity contribution in [3.8, 4) is 28.5 Å². The summed E-state index contributed by atoms with van der Waals surface area (Å²) in [6.45, 7) is 2.58. The number of carbonyl (C=O) groups is 1. The highest BCUT2D eigenvalue weighted by Gasteiger charge is 2.07. The number of nitrogens with zero attached hydrogens (tertiary/aromatic N) is 1. The number of thiazole rings is 1. The van der Waals surface area contributed by atoms with Crippen molar-refractivity contribution in [2.24, 2.45) is 0 Å². The number of methoxy groups -OCH3 is 2. The Morgan fingerprint density at radius 1 is 1.10 bits per heavy atom. The fraction of sp³-hybridized carbons (Fsp3) is 0.182. The Balaban J connectivity index is 1.63. The summed E-state index contributed by atoms with van der Waals surface area (Å²) in [5.41, 5.74) is 2.59. The molecule has 1 heterocycles. The summed E-state index contributed by atoms with van der Waals surface area (Å²) >= 11 is 1.38. The Labute approximate surface area is 173 Å². The van der Waals surface area contributed by atoms with E-state index in [0.29, 0.717) is 23.2 Å². The molecule has 2 aromatic carbocycles. The van der Waals surface area contributed by atoms with E-state index in [1.807, 2.05) is 42.6 Å². The third kappa shape index (κ3) is 5.36. The van der Waals surface area contributed by atoms with Crippen LogP contribution in [0.2, 0.25) is 0 Å². The summed E-state index contributed by atoms with van der Waals surface area (Å²) in [4.78, 5) is 16.7. The van der Waals surface area contributed by atoms with Crippen LogP contribution < -0.4 is 19.5 Å². The van der Waals surface area contributed by atoms with Crippen LogP contribution in [-0.4, -0.2) is 31.7 Å². The predicted octanol–water partition coefficient (Wildman–Crippen LogP) is 4.88. The fourth-order valence-corrected chi connectivity index (χ4v) is 3.35. The molecule has 0 atom stereocenters. The van der Waals surface area contributed by atoms with E-state index in [-0.39, 0.29) is 5.91 Å². The van der Waals surface area contributed by atoms with Gasteiger partial charge in [-0.15, -0.1) is 11.3 Å². The van der Waals surface area contributed by atoms with Crippen LogP contribution in [0.15, 0.2) is 53.9 Å². The summed E-state index contributed by atoms with van der Waals surface area (Å²) in [6, 6.07) is 13.1. The number of rotatable bonds is 8. The topological polar surface area (TPSA) is 69.7 Å². The van der Waals surface area contributed by atoms with Gasteiger partial charge < -0.3 is 14.2 Å². The van der Waals surface area contributed by atoms with E-state index in [2.05, 4.69) is 10.3 Å². The third-order valence-corrected chi connectivity index (χ3v) is 4.79. The van der Waals surface area contributed by atoms with Crippen LogP contribution in [-0.2, 0) is 4.79 Å². The highest BCUT2D eigenvalue weighted by molar-refractivity contribution is 7.14. The molecule has 0 aliphatic carbocycles. The van der Waals surface area contributed by atoms with E-state index in [0.717, 1.165) is 22.6 Å². The van der Waals surface area contributed by atoms with Crippen molar-refractivity contribution in [1.29, 1.82) is 0 Å². The van der Waals surface area contributed by atoms with Crippen LogP contribution in [0.3, 0.4) is 0 Å². The lowest BCUT2D eigenvalue weighted by atomic mass is 10.2. The predicted molar refractivity (Wildman–Crippen MR) is 116 cm³/mol. The van der Waals surface area contributed by atoms with Gasteiger partial charge in [-0.2, -0.15) is 0 Å². The first-order chi connectivity index (χ1) is 14.1. The van der Waals surface area contributed by atoms with Gasteiger partial charge in [0.1, 0.15) is 5.75 Å². The molecule has 29 heavy (non-hydrogen) atoms. The van der Waals surface area contributed by atoms with Gasteiger partial charge in [-0.25, -0.2) is 4.98 Å². The lowest BCUT2D eigenvalue weighted by Crippen LogP contribution is -2.07. The van der Waals surface area contributed by atoms with Crippen LogP contribution in [0.5, 0.6) is 17.2 Å². The molecule has 3 rings (SSSR count). The lowest BCUT2D eigenvalue weighted by molar-refractivity contribution is -0.111. The number of hydrogen-bond acceptors (Lipinski definition) is 6. The summed E-state index contributed by atoms with van der Waals surface area (Å²) < 4.78 is 15.9. The van der Waals surface area contributed by atoms with Crippen molar-refractivity contribution in [3.05, 3.63) is 59.5 Å². The average molecular weight is 410 g/mol. The minimum absolute atomic E-state index is 0.257. The zero-order valence-corrected chi connectivity index (χ0v) is 17.3. The summed E-state index contributed by atoms with van der Waals surface area (Å²) in [6.07, 6.45) is 3.16. The van der Waals surface area contributed by atoms with E-state index in [1.54, 1.807) is 32.4 Å². The van der Waals surface area contributed by atoms with Crippen molar-refractivity contribution >= 4 is 28.5 Å². The molecule has 150 valence electrons. The molecule has 0 unspecified atom stereocenters. The second-order valence-electron chi connectivity index (χ2n) is 5.93. The molecule has 1 N–H and O–H groups in total. The Hall–Kier alpha value is -3.32. The molecule has 0 fully saturated rings. The smallest absolute Gasteiger partial charge is 0.250 e. The van der Waals surface area contributed by atoms with E-state index in [4.69, 9.17) is 14.2 Å². The molecule has 0 saturated carbocycles. The Bertz CT molecular complexity index is 996. The minimum Gasteiger partial charge on any atom is -0.494 e. The van der Waals surface area contributed by atoms with Crippen LogP contribution in [0.1, 0.15) is 12.5 Å². The largest absolute Gasteiger partial charge is 0.494 e. The first-order valence-electron chi connectivity index (χ1n) is 9.02. The summed E-state index contributed by atoms with van der Waals surface area (Å²) in [5, 5.41) is 5.23. The molecule has 0 spiro atoms. The maximum absolute atomic E-state index is 12.2. The van der Waals surface area contributed by atoms with Crippen molar-refractivity contribution in [2.75, 3.05) is 26.1 Å². The molecule has 6 nitrogen and oxygen atoms in total. The van der Waals surface area contributed by atoms with E-state index >= 15 is 0 Å². The number of hydrogen-bond donors (Lipinski definition) is 1. The van der Waals surface area contributed by atoms with Crippen LogP contribution in [0.4, 0.5) is 5.13 Å². The summed E-state index contributed by atoms with van der Waals surface area (Å²) in [7, 11) is 3.15. The molecule has 0 aliphatic heterocycles. The second kappa shape index (κ2) is 9.75. The van der Waals surface area contributed by atoms with Crippen molar-refractivity contribution in [1.82, 2.24) is 4.98 Å². The molecular formula is C22H22N2O4S. The highest BCUT2D eigenvalue weighted by Crippen LogP contribution is 2.28. The lowest BCUT2D eigenvalue weighted by Gasteiger charge is -2.07. The molecule has 3 aromatic rings. The Morgan fingerprint density at radius 3 is 2.55 bits per heavy atom. The van der Waals surface area contributed by atoms with Gasteiger partial charge in [-0.05, 0) is 55.0 Å². The van der Waals surface area contributed by atoms with Gasteiger partial charge in [0.15, 0.2) is 16.6 Å². The zero-order chi connectivity index (χ0) is 20.6. The number of benzene rings is 2. The molecule has 1 aromatic heterocycles. The van der Waals surface area contributed by atoms with Crippen molar-refractivity contribution < 1.29 is 19.0 Å². The normalized spacial score (nSPS) is 10.7. The second-order valence-corrected chi connectivity index (χ2v) is 6.79. The third-order valence-electron chi connectivity index (χ3n) is 4.03. The van der Waals surface area contributed by atoms with Gasteiger partial charge >= 0.3 is 0 Å². The molecular weight excluding hydrogens is 388 g/mol. The van der Waals surface area contributed by atoms with Crippen molar-refractivity contribution in [3.63, 3.8) is 0 Å². The van der Waals surface area contributed by atoms with Crippen LogP contribution in [0.25, 0.3) is 17.3 Å². The van der Waals surface area contributed by atoms with Crippen molar-refractivity contribution in [2.45, 2.75) is 6.92 Å². The Kier molecular flexibility index (Phi) is 6.86. The quantitative estimate of drug-likeness (QED) is 0.536. The number of ether oxygens (including phenoxy) is 3. The van der Waals surface area contributed by atoms with Gasteiger partial charge in [-0.3, -0.25) is 10.1 Å². The SMILES string of the molecule is CCOc1ccc(-c2csc(NC(=O)/C=C/c3ccc(OC)c(OC)c3)n2)cc1. The molecule has 0 bridgehead atoms. The highest BCUT2D eigenvalue weighted by atomic mass is 32.1.